The normalized spacial score (nSPS) is 10.5. The Balaban J connectivity index is 1.55. The summed E-state index contributed by atoms with van der Waals surface area (Å²) >= 11 is 0. The Hall–Kier alpha value is -4.66. The molecule has 1 aromatic heterocycles. The molecule has 1 heterocycles. The number of ether oxygens (including phenoxy) is 3. The number of carbonyl (C=O) groups is 2. The number of halogens is 1. The van der Waals surface area contributed by atoms with Crippen LogP contribution in [-0.2, 0) is 16.1 Å². The van der Waals surface area contributed by atoms with Gasteiger partial charge in [0.25, 0.3) is 5.91 Å². The van der Waals surface area contributed by atoms with Gasteiger partial charge in [-0.1, -0.05) is 42.5 Å². The van der Waals surface area contributed by atoms with Crippen LogP contribution in [0.4, 0.5) is 4.39 Å². The summed E-state index contributed by atoms with van der Waals surface area (Å²) in [5.74, 6) is -0.764. The van der Waals surface area contributed by atoms with Crippen LogP contribution in [0.3, 0.4) is 0 Å². The van der Waals surface area contributed by atoms with E-state index in [9.17, 15) is 14.0 Å². The van der Waals surface area contributed by atoms with E-state index in [1.54, 1.807) is 47.3 Å². The van der Waals surface area contributed by atoms with Gasteiger partial charge in [0.15, 0.2) is 23.8 Å². The average Bonchev–Trinajstić information content (AvgIpc) is 3.37. The van der Waals surface area contributed by atoms with E-state index in [4.69, 9.17) is 14.2 Å². The van der Waals surface area contributed by atoms with Crippen molar-refractivity contribution in [3.05, 3.63) is 96.1 Å². The molecule has 0 atom stereocenters. The van der Waals surface area contributed by atoms with Gasteiger partial charge < -0.3 is 19.5 Å². The fourth-order valence-corrected chi connectivity index (χ4v) is 3.54. The van der Waals surface area contributed by atoms with Crippen LogP contribution in [0.25, 0.3) is 16.8 Å². The number of methoxy groups -OCH3 is 2. The minimum Gasteiger partial charge on any atom is -0.493 e. The second-order valence-corrected chi connectivity index (χ2v) is 7.69. The molecule has 1 N–H and O–H groups in total. The van der Waals surface area contributed by atoms with E-state index in [0.29, 0.717) is 28.2 Å². The molecule has 8 nitrogen and oxygen atoms in total. The third-order valence-corrected chi connectivity index (χ3v) is 5.39. The van der Waals surface area contributed by atoms with Crippen molar-refractivity contribution in [2.45, 2.75) is 6.54 Å². The van der Waals surface area contributed by atoms with E-state index in [-0.39, 0.29) is 12.2 Å². The van der Waals surface area contributed by atoms with Crippen molar-refractivity contribution in [3.63, 3.8) is 0 Å². The zero-order chi connectivity index (χ0) is 25.5. The number of amides is 1. The van der Waals surface area contributed by atoms with Gasteiger partial charge in [-0.3, -0.25) is 4.79 Å². The first-order chi connectivity index (χ1) is 17.5. The molecule has 184 valence electrons. The minimum absolute atomic E-state index is 0.0213. The topological polar surface area (TPSA) is 91.7 Å². The molecule has 0 aliphatic heterocycles. The van der Waals surface area contributed by atoms with Gasteiger partial charge in [0.2, 0.25) is 0 Å². The summed E-state index contributed by atoms with van der Waals surface area (Å²) in [6, 6.07) is 20.6. The monoisotopic (exact) mass is 489 g/mol. The number of benzene rings is 3. The molecule has 9 heteroatoms. The summed E-state index contributed by atoms with van der Waals surface area (Å²) in [6.07, 6.45) is 1.70. The third kappa shape index (κ3) is 5.52. The van der Waals surface area contributed by atoms with Crippen molar-refractivity contribution in [2.75, 3.05) is 20.8 Å². The summed E-state index contributed by atoms with van der Waals surface area (Å²) < 4.78 is 31.3. The van der Waals surface area contributed by atoms with Crippen LogP contribution < -0.4 is 14.8 Å². The molecule has 1 amide bonds. The summed E-state index contributed by atoms with van der Waals surface area (Å²) in [6.45, 7) is -0.570. The molecule has 4 aromatic rings. The van der Waals surface area contributed by atoms with Gasteiger partial charge in [-0.25, -0.2) is 13.9 Å². The molecule has 0 saturated heterocycles. The molecule has 0 fully saturated rings. The highest BCUT2D eigenvalue weighted by Crippen LogP contribution is 2.34. The molecule has 0 saturated carbocycles. The number of hydrogen-bond donors (Lipinski definition) is 1. The Bertz CT molecular complexity index is 1370. The van der Waals surface area contributed by atoms with Crippen molar-refractivity contribution >= 4 is 11.9 Å². The molecule has 36 heavy (non-hydrogen) atoms. The molecule has 0 unspecified atom stereocenters. The number of esters is 1. The van der Waals surface area contributed by atoms with Crippen molar-refractivity contribution in [2.24, 2.45) is 0 Å². The van der Waals surface area contributed by atoms with Crippen LogP contribution in [0, 0.1) is 5.82 Å². The van der Waals surface area contributed by atoms with Crippen LogP contribution in [-0.4, -0.2) is 42.5 Å². The summed E-state index contributed by atoms with van der Waals surface area (Å²) in [4.78, 5) is 25.2. The molecule has 0 aliphatic carbocycles. The Morgan fingerprint density at radius 2 is 1.67 bits per heavy atom. The maximum Gasteiger partial charge on any atom is 0.360 e. The van der Waals surface area contributed by atoms with Gasteiger partial charge in [-0.05, 0) is 35.9 Å². The maximum absolute atomic E-state index is 13.8. The van der Waals surface area contributed by atoms with E-state index in [2.05, 4.69) is 10.4 Å². The van der Waals surface area contributed by atoms with Gasteiger partial charge in [-0.2, -0.15) is 5.10 Å². The van der Waals surface area contributed by atoms with Crippen LogP contribution in [0.1, 0.15) is 16.1 Å². The van der Waals surface area contributed by atoms with Crippen molar-refractivity contribution in [3.8, 4) is 28.3 Å². The van der Waals surface area contributed by atoms with Crippen molar-refractivity contribution in [1.29, 1.82) is 0 Å². The maximum atomic E-state index is 13.8. The minimum atomic E-state index is -0.782. The fourth-order valence-electron chi connectivity index (χ4n) is 3.54. The second-order valence-electron chi connectivity index (χ2n) is 7.69. The predicted octanol–water partition coefficient (Wildman–Crippen LogP) is 4.17. The van der Waals surface area contributed by atoms with Gasteiger partial charge in [0, 0.05) is 23.9 Å². The Kier molecular flexibility index (Phi) is 7.60. The van der Waals surface area contributed by atoms with Gasteiger partial charge in [0.1, 0.15) is 5.82 Å². The quantitative estimate of drug-likeness (QED) is 0.355. The summed E-state index contributed by atoms with van der Waals surface area (Å²) in [5, 5.41) is 6.97. The van der Waals surface area contributed by atoms with Gasteiger partial charge in [0.05, 0.1) is 19.9 Å². The van der Waals surface area contributed by atoms with Crippen molar-refractivity contribution in [1.82, 2.24) is 15.1 Å². The molecular weight excluding hydrogens is 465 g/mol. The number of hydrogen-bond acceptors (Lipinski definition) is 6. The van der Waals surface area contributed by atoms with Gasteiger partial charge in [-0.15, -0.1) is 0 Å². The lowest BCUT2D eigenvalue weighted by atomic mass is 10.1. The molecule has 3 aromatic carbocycles. The first-order valence-corrected chi connectivity index (χ1v) is 11.0. The Labute approximate surface area is 207 Å². The predicted molar refractivity (Wildman–Crippen MR) is 131 cm³/mol. The third-order valence-electron chi connectivity index (χ3n) is 5.39. The molecular formula is C27H24FN3O5. The van der Waals surface area contributed by atoms with Crippen LogP contribution in [0.15, 0.2) is 79.0 Å². The standard InChI is InChI=1S/C27H24FN3O5/c1-34-23-13-12-18(14-24(23)35-2)21-16-31(20-9-4-3-5-10-20)30-26(21)27(33)36-17-25(32)29-15-19-8-6-7-11-22(19)28/h3-14,16H,15,17H2,1-2H3,(H,29,32). The van der Waals surface area contributed by atoms with Crippen LogP contribution >= 0.6 is 0 Å². The zero-order valence-electron chi connectivity index (χ0n) is 19.7. The number of aromatic nitrogens is 2. The van der Waals surface area contributed by atoms with E-state index in [0.717, 1.165) is 5.69 Å². The molecule has 4 rings (SSSR count). The lowest BCUT2D eigenvalue weighted by Crippen LogP contribution is -2.28. The molecule has 0 aliphatic rings. The molecule has 0 radical (unpaired) electrons. The lowest BCUT2D eigenvalue weighted by Gasteiger charge is -2.10. The fraction of sp³-hybridized carbons (Fsp3) is 0.148. The number of rotatable bonds is 9. The van der Waals surface area contributed by atoms with E-state index in [1.165, 1.54) is 20.3 Å². The highest BCUT2D eigenvalue weighted by atomic mass is 19.1. The van der Waals surface area contributed by atoms with E-state index >= 15 is 0 Å². The summed E-state index contributed by atoms with van der Waals surface area (Å²) in [5.41, 5.74) is 2.21. The number of para-hydroxylation sites is 1. The Morgan fingerprint density at radius 1 is 0.944 bits per heavy atom. The van der Waals surface area contributed by atoms with Crippen molar-refractivity contribution < 1.29 is 28.2 Å². The highest BCUT2D eigenvalue weighted by molar-refractivity contribution is 5.96. The van der Waals surface area contributed by atoms with Crippen LogP contribution in [0.2, 0.25) is 0 Å². The SMILES string of the molecule is COc1ccc(-c2cn(-c3ccccc3)nc2C(=O)OCC(=O)NCc2ccccc2F)cc1OC. The smallest absolute Gasteiger partial charge is 0.360 e. The lowest BCUT2D eigenvalue weighted by molar-refractivity contribution is -0.124. The molecule has 0 spiro atoms. The van der Waals surface area contributed by atoms with Crippen LogP contribution in [0.5, 0.6) is 11.5 Å². The molecule has 0 bridgehead atoms. The average molecular weight is 490 g/mol. The van der Waals surface area contributed by atoms with Gasteiger partial charge >= 0.3 is 5.97 Å². The largest absolute Gasteiger partial charge is 0.493 e. The van der Waals surface area contributed by atoms with E-state index in [1.807, 2.05) is 30.3 Å². The number of nitrogens with zero attached hydrogens (tertiary/aromatic N) is 2. The highest BCUT2D eigenvalue weighted by Gasteiger charge is 2.22. The number of carbonyl (C=O) groups excluding carboxylic acids is 2. The first-order valence-electron chi connectivity index (χ1n) is 11.0. The Morgan fingerprint density at radius 3 is 2.39 bits per heavy atom. The zero-order valence-corrected chi connectivity index (χ0v) is 19.7. The summed E-state index contributed by atoms with van der Waals surface area (Å²) in [7, 11) is 3.05. The second kappa shape index (κ2) is 11.2. The number of nitrogens with one attached hydrogen (secondary N) is 1. The first kappa shape index (κ1) is 24.5. The van der Waals surface area contributed by atoms with E-state index < -0.39 is 24.3 Å².